The maximum absolute atomic E-state index is 5.65. The lowest BCUT2D eigenvalue weighted by Crippen LogP contribution is -2.10. The summed E-state index contributed by atoms with van der Waals surface area (Å²) in [7, 11) is 1.96. The molecule has 1 N–H and O–H groups in total. The molecule has 1 fully saturated rings. The number of hydrogen-bond donors (Lipinski definition) is 1. The minimum Gasteiger partial charge on any atom is -0.359 e. The number of nitrogens with one attached hydrogen (secondary N) is 1. The second kappa shape index (κ2) is 4.97. The Hall–Kier alpha value is -0.870. The molecule has 1 aliphatic rings. The van der Waals surface area contributed by atoms with Crippen molar-refractivity contribution >= 4 is 0 Å². The van der Waals surface area contributed by atoms with Crippen LogP contribution in [0, 0.1) is 19.8 Å². The number of aromatic nitrogens is 2. The fourth-order valence-electron chi connectivity index (χ4n) is 1.88. The lowest BCUT2D eigenvalue weighted by atomic mass is 10.2. The van der Waals surface area contributed by atoms with Crippen molar-refractivity contribution in [2.45, 2.75) is 40.0 Å². The molecule has 2 rings (SSSR count). The van der Waals surface area contributed by atoms with E-state index in [4.69, 9.17) is 4.74 Å². The highest BCUT2D eigenvalue weighted by atomic mass is 16.5. The van der Waals surface area contributed by atoms with E-state index in [2.05, 4.69) is 24.3 Å². The summed E-state index contributed by atoms with van der Waals surface area (Å²) in [6, 6.07) is 0. The van der Waals surface area contributed by atoms with Gasteiger partial charge in [-0.05, 0) is 39.7 Å². The van der Waals surface area contributed by atoms with Crippen molar-refractivity contribution < 1.29 is 4.74 Å². The third-order valence-corrected chi connectivity index (χ3v) is 3.15. The molecule has 0 aliphatic heterocycles. The molecule has 0 unspecified atom stereocenters. The maximum Gasteiger partial charge on any atom is 0.139 e. The van der Waals surface area contributed by atoms with Crippen LogP contribution in [0.5, 0.6) is 0 Å². The first kappa shape index (κ1) is 11.6. The molecular weight excluding hydrogens is 202 g/mol. The van der Waals surface area contributed by atoms with Gasteiger partial charge < -0.3 is 10.1 Å². The third-order valence-electron chi connectivity index (χ3n) is 3.15. The molecule has 0 amide bonds. The molecule has 0 bridgehead atoms. The average Bonchev–Trinajstić information content (AvgIpc) is 3.03. The van der Waals surface area contributed by atoms with Gasteiger partial charge in [-0.1, -0.05) is 0 Å². The van der Waals surface area contributed by atoms with E-state index in [-0.39, 0.29) is 0 Å². The van der Waals surface area contributed by atoms with Crippen LogP contribution in [-0.4, -0.2) is 23.4 Å². The SMILES string of the molecule is CNCc1c(C)nn(COCC2CC2)c1C. The van der Waals surface area contributed by atoms with E-state index in [1.807, 2.05) is 11.7 Å². The van der Waals surface area contributed by atoms with E-state index in [1.165, 1.54) is 24.1 Å². The fraction of sp³-hybridized carbons (Fsp3) is 0.750. The van der Waals surface area contributed by atoms with Gasteiger partial charge in [-0.3, -0.25) is 0 Å². The van der Waals surface area contributed by atoms with Gasteiger partial charge in [0, 0.05) is 17.8 Å². The molecule has 90 valence electrons. The first-order valence-electron chi connectivity index (χ1n) is 5.97. The maximum atomic E-state index is 5.65. The predicted octanol–water partition coefficient (Wildman–Crippen LogP) is 1.60. The number of rotatable bonds is 6. The van der Waals surface area contributed by atoms with Crippen molar-refractivity contribution in [3.63, 3.8) is 0 Å². The molecule has 0 radical (unpaired) electrons. The fourth-order valence-corrected chi connectivity index (χ4v) is 1.88. The molecule has 0 saturated heterocycles. The molecule has 1 aliphatic carbocycles. The van der Waals surface area contributed by atoms with E-state index in [0.29, 0.717) is 6.73 Å². The van der Waals surface area contributed by atoms with Gasteiger partial charge in [0.15, 0.2) is 0 Å². The van der Waals surface area contributed by atoms with Crippen LogP contribution in [0.2, 0.25) is 0 Å². The van der Waals surface area contributed by atoms with Gasteiger partial charge >= 0.3 is 0 Å². The Labute approximate surface area is 97.0 Å². The molecule has 1 aromatic rings. The second-order valence-electron chi connectivity index (χ2n) is 4.62. The Morgan fingerprint density at radius 1 is 1.44 bits per heavy atom. The number of ether oxygens (including phenoxy) is 1. The summed E-state index contributed by atoms with van der Waals surface area (Å²) >= 11 is 0. The van der Waals surface area contributed by atoms with Gasteiger partial charge in [-0.15, -0.1) is 0 Å². The van der Waals surface area contributed by atoms with Crippen molar-refractivity contribution in [3.8, 4) is 0 Å². The average molecular weight is 223 g/mol. The minimum absolute atomic E-state index is 0.590. The van der Waals surface area contributed by atoms with E-state index < -0.39 is 0 Å². The van der Waals surface area contributed by atoms with Crippen LogP contribution in [0.1, 0.15) is 29.8 Å². The normalized spacial score (nSPS) is 15.7. The van der Waals surface area contributed by atoms with Crippen LogP contribution in [0.25, 0.3) is 0 Å². The molecular formula is C12H21N3O. The molecule has 1 aromatic heterocycles. The summed E-state index contributed by atoms with van der Waals surface area (Å²) in [5.41, 5.74) is 3.60. The molecule has 1 saturated carbocycles. The number of nitrogens with zero attached hydrogens (tertiary/aromatic N) is 2. The summed E-state index contributed by atoms with van der Waals surface area (Å²) in [6.45, 7) is 6.51. The van der Waals surface area contributed by atoms with Crippen LogP contribution in [0.4, 0.5) is 0 Å². The van der Waals surface area contributed by atoms with Crippen molar-refractivity contribution in [2.24, 2.45) is 5.92 Å². The van der Waals surface area contributed by atoms with Gasteiger partial charge in [0.1, 0.15) is 6.73 Å². The summed E-state index contributed by atoms with van der Waals surface area (Å²) in [6.07, 6.45) is 2.67. The van der Waals surface area contributed by atoms with E-state index in [1.54, 1.807) is 0 Å². The molecule has 16 heavy (non-hydrogen) atoms. The molecule has 1 heterocycles. The first-order chi connectivity index (χ1) is 7.72. The second-order valence-corrected chi connectivity index (χ2v) is 4.62. The Bertz CT molecular complexity index is 355. The van der Waals surface area contributed by atoms with E-state index >= 15 is 0 Å². The van der Waals surface area contributed by atoms with Gasteiger partial charge in [-0.2, -0.15) is 5.10 Å². The van der Waals surface area contributed by atoms with Gasteiger partial charge in [0.05, 0.1) is 12.3 Å². The summed E-state index contributed by atoms with van der Waals surface area (Å²) in [5.74, 6) is 0.814. The van der Waals surface area contributed by atoms with Crippen LogP contribution in [0.15, 0.2) is 0 Å². The smallest absolute Gasteiger partial charge is 0.139 e. The van der Waals surface area contributed by atoms with Gasteiger partial charge in [-0.25, -0.2) is 4.68 Å². The predicted molar refractivity (Wildman–Crippen MR) is 63.1 cm³/mol. The van der Waals surface area contributed by atoms with Crippen LogP contribution >= 0.6 is 0 Å². The summed E-state index contributed by atoms with van der Waals surface area (Å²) < 4.78 is 7.61. The zero-order valence-electron chi connectivity index (χ0n) is 10.4. The molecule has 0 spiro atoms. The van der Waals surface area contributed by atoms with Crippen LogP contribution in [0.3, 0.4) is 0 Å². The lowest BCUT2D eigenvalue weighted by Gasteiger charge is -2.06. The first-order valence-corrected chi connectivity index (χ1v) is 5.97. The number of aryl methyl sites for hydroxylation is 1. The minimum atomic E-state index is 0.590. The van der Waals surface area contributed by atoms with Crippen molar-refractivity contribution in [1.29, 1.82) is 0 Å². The van der Waals surface area contributed by atoms with Crippen LogP contribution < -0.4 is 5.32 Å². The molecule has 0 aromatic carbocycles. The topological polar surface area (TPSA) is 39.1 Å². The monoisotopic (exact) mass is 223 g/mol. The third kappa shape index (κ3) is 2.62. The largest absolute Gasteiger partial charge is 0.359 e. The van der Waals surface area contributed by atoms with Crippen molar-refractivity contribution in [3.05, 3.63) is 17.0 Å². The Morgan fingerprint density at radius 3 is 2.81 bits per heavy atom. The Balaban J connectivity index is 1.94. The highest BCUT2D eigenvalue weighted by Gasteiger charge is 2.21. The summed E-state index contributed by atoms with van der Waals surface area (Å²) in [5, 5.41) is 7.67. The quantitative estimate of drug-likeness (QED) is 0.796. The zero-order chi connectivity index (χ0) is 11.5. The van der Waals surface area contributed by atoms with Crippen LogP contribution in [-0.2, 0) is 18.0 Å². The van der Waals surface area contributed by atoms with E-state index in [0.717, 1.165) is 24.8 Å². The highest BCUT2D eigenvalue weighted by Crippen LogP contribution is 2.28. The Morgan fingerprint density at radius 2 is 2.19 bits per heavy atom. The van der Waals surface area contributed by atoms with Crippen molar-refractivity contribution in [2.75, 3.05) is 13.7 Å². The molecule has 4 nitrogen and oxygen atoms in total. The lowest BCUT2D eigenvalue weighted by molar-refractivity contribution is 0.0597. The highest BCUT2D eigenvalue weighted by molar-refractivity contribution is 5.24. The standard InChI is InChI=1S/C12H21N3O/c1-9-12(6-13-3)10(2)15(14-9)8-16-7-11-4-5-11/h11,13H,4-8H2,1-3H3. The number of hydrogen-bond acceptors (Lipinski definition) is 3. The summed E-state index contributed by atoms with van der Waals surface area (Å²) in [4.78, 5) is 0. The molecule has 4 heteroatoms. The molecule has 0 atom stereocenters. The van der Waals surface area contributed by atoms with E-state index in [9.17, 15) is 0 Å². The van der Waals surface area contributed by atoms with Gasteiger partial charge in [0.25, 0.3) is 0 Å². The zero-order valence-corrected chi connectivity index (χ0v) is 10.4. The van der Waals surface area contributed by atoms with Gasteiger partial charge in [0.2, 0.25) is 0 Å². The van der Waals surface area contributed by atoms with Crippen molar-refractivity contribution in [1.82, 2.24) is 15.1 Å². The Kier molecular flexibility index (Phi) is 3.61.